The van der Waals surface area contributed by atoms with Gasteiger partial charge in [-0.25, -0.2) is 0 Å². The van der Waals surface area contributed by atoms with Gasteiger partial charge in [0, 0.05) is 11.0 Å². The Balaban J connectivity index is -0.000000249. The van der Waals surface area contributed by atoms with E-state index in [2.05, 4.69) is 13.8 Å². The van der Waals surface area contributed by atoms with E-state index < -0.39 is 11.0 Å². The van der Waals surface area contributed by atoms with Crippen LogP contribution in [0, 0.1) is 6.92 Å². The van der Waals surface area contributed by atoms with Gasteiger partial charge in [-0.2, -0.15) is 0 Å². The Bertz CT molecular complexity index is 145. The molecule has 0 rings (SSSR count). The first-order chi connectivity index (χ1) is 6.65. The van der Waals surface area contributed by atoms with Crippen LogP contribution in [-0.4, -0.2) is 4.55 Å². The number of hydrogen-bond donors (Lipinski definition) is 1. The fourth-order valence-corrected chi connectivity index (χ4v) is 1.13. The first-order valence-corrected chi connectivity index (χ1v) is 6.25. The summed E-state index contributed by atoms with van der Waals surface area (Å²) in [6.07, 6.45) is 10.9. The maximum Gasteiger partial charge on any atom is 1.00 e. The minimum absolute atomic E-state index is 0. The molecule has 0 fully saturated rings. The van der Waals surface area contributed by atoms with Crippen LogP contribution in [0.3, 0.4) is 0 Å². The molecule has 15 heavy (non-hydrogen) atoms. The second-order valence-electron chi connectivity index (χ2n) is 3.19. The fraction of sp³-hybridized carbons (Fsp3) is 0.900. The van der Waals surface area contributed by atoms with Crippen molar-refractivity contribution in [1.82, 2.24) is 0 Å². The molecule has 3 nitrogen and oxygen atoms in total. The van der Waals surface area contributed by atoms with Crippen molar-refractivity contribution in [2.24, 2.45) is 0 Å². The van der Waals surface area contributed by atoms with Crippen molar-refractivity contribution >= 4 is 11.0 Å². The van der Waals surface area contributed by atoms with Gasteiger partial charge in [-0.3, -0.25) is 0 Å². The fourth-order valence-electron chi connectivity index (χ4n) is 1.13. The van der Waals surface area contributed by atoms with E-state index in [9.17, 15) is 0 Å². The molecule has 0 unspecified atom stereocenters. The Hall–Kier alpha value is 0.507. The molecule has 0 bridgehead atoms. The summed E-state index contributed by atoms with van der Waals surface area (Å²) in [5, 5.41) is 0. The molecule has 87 valence electrons. The van der Waals surface area contributed by atoms with Crippen molar-refractivity contribution in [3.8, 4) is 0 Å². The first-order valence-electron chi connectivity index (χ1n) is 5.22. The molecule has 0 aliphatic rings. The number of rotatable bonds is 7. The summed E-state index contributed by atoms with van der Waals surface area (Å²) in [4.78, 5) is 0. The van der Waals surface area contributed by atoms with Crippen molar-refractivity contribution in [2.75, 3.05) is 0 Å². The first kappa shape index (κ1) is 20.9. The zero-order valence-electron chi connectivity index (χ0n) is 10.0. The Labute approximate surface area is 108 Å². The predicted octanol–water partition coefficient (Wildman–Crippen LogP) is 0.734. The van der Waals surface area contributed by atoms with Crippen LogP contribution >= 0.6 is 0 Å². The maximum absolute atomic E-state index is 8.56. The van der Waals surface area contributed by atoms with Gasteiger partial charge in [-0.05, 0) is 0 Å². The van der Waals surface area contributed by atoms with E-state index in [0.29, 0.717) is 0 Å². The van der Waals surface area contributed by atoms with Gasteiger partial charge in [0.2, 0.25) is 0 Å². The molecule has 0 spiro atoms. The average Bonchev–Trinajstić information content (AvgIpc) is 2.10. The van der Waals surface area contributed by atoms with E-state index >= 15 is 0 Å². The van der Waals surface area contributed by atoms with Gasteiger partial charge in [0.05, 0.1) is 0 Å². The van der Waals surface area contributed by atoms with Crippen LogP contribution in [0.4, 0.5) is 0 Å². The average molecular weight is 229 g/mol. The zero-order valence-corrected chi connectivity index (χ0v) is 10.9. The van der Waals surface area contributed by atoms with Crippen molar-refractivity contribution in [3.63, 3.8) is 0 Å². The Kier molecular flexibility index (Phi) is 27.8. The van der Waals surface area contributed by atoms with Crippen LogP contribution in [-0.2, 0) is 19.4 Å². The molecule has 0 atom stereocenters. The summed E-state index contributed by atoms with van der Waals surface area (Å²) in [7, 11) is -2.86. The van der Waals surface area contributed by atoms with Gasteiger partial charge < -0.3 is 13.0 Å². The third kappa shape index (κ3) is 40.3. The van der Waals surface area contributed by atoms with Crippen LogP contribution in [0.1, 0.15) is 58.3 Å². The Morgan fingerprint density at radius 2 is 1.33 bits per heavy atom. The summed E-state index contributed by atoms with van der Waals surface area (Å²) in [6.45, 7) is 6.08. The van der Waals surface area contributed by atoms with E-state index in [1.54, 1.807) is 0 Å². The molecule has 0 aliphatic carbocycles. The molecule has 0 amide bonds. The summed E-state index contributed by atoms with van der Waals surface area (Å²) in [5.74, 6) is 0. The normalized spacial score (nSPS) is 9.07. The summed E-state index contributed by atoms with van der Waals surface area (Å²) < 4.78 is 24.1. The van der Waals surface area contributed by atoms with E-state index in [0.717, 1.165) is 6.42 Å². The Morgan fingerprint density at radius 3 is 1.67 bits per heavy atom. The van der Waals surface area contributed by atoms with Crippen LogP contribution < -0.4 is 18.9 Å². The molecule has 0 saturated heterocycles. The van der Waals surface area contributed by atoms with Crippen molar-refractivity contribution in [2.45, 2.75) is 58.3 Å². The van der Waals surface area contributed by atoms with Crippen molar-refractivity contribution < 1.29 is 31.8 Å². The van der Waals surface area contributed by atoms with E-state index in [1.165, 1.54) is 44.9 Å². The molecule has 0 heterocycles. The van der Waals surface area contributed by atoms with Crippen LogP contribution in [0.15, 0.2) is 0 Å². The number of unbranched alkanes of at least 4 members (excludes halogenated alkanes) is 7. The molecular weight excluding hydrogens is 207 g/mol. The summed E-state index contributed by atoms with van der Waals surface area (Å²) >= 11 is 0. The second-order valence-corrected chi connectivity index (χ2v) is 3.63. The SMILES string of the molecule is O=[S-](=O)O.[CH2]CCCCCCCCC.[Li+]. The van der Waals surface area contributed by atoms with Gasteiger partial charge in [0.15, 0.2) is 0 Å². The van der Waals surface area contributed by atoms with Gasteiger partial charge in [-0.15, -0.1) is 0 Å². The van der Waals surface area contributed by atoms with Crippen LogP contribution in [0.2, 0.25) is 0 Å². The minimum atomic E-state index is -2.86. The van der Waals surface area contributed by atoms with Gasteiger partial charge >= 0.3 is 18.9 Å². The van der Waals surface area contributed by atoms with Gasteiger partial charge in [0.25, 0.3) is 0 Å². The molecular formula is C10H22LiO3S. The molecule has 0 aromatic rings. The van der Waals surface area contributed by atoms with Gasteiger partial charge in [-0.1, -0.05) is 65.2 Å². The third-order valence-electron chi connectivity index (χ3n) is 1.85. The molecule has 5 heteroatoms. The molecule has 0 aromatic heterocycles. The maximum atomic E-state index is 8.56. The number of hydrogen-bond acceptors (Lipinski definition) is 3. The predicted molar refractivity (Wildman–Crippen MR) is 59.3 cm³/mol. The smallest absolute Gasteiger partial charge is 0.439 e. The van der Waals surface area contributed by atoms with Crippen molar-refractivity contribution in [1.29, 1.82) is 0 Å². The van der Waals surface area contributed by atoms with Crippen LogP contribution in [0.25, 0.3) is 0 Å². The van der Waals surface area contributed by atoms with E-state index in [-0.39, 0.29) is 18.9 Å². The zero-order chi connectivity index (χ0) is 11.2. The van der Waals surface area contributed by atoms with Crippen LogP contribution in [0.5, 0.6) is 0 Å². The minimum Gasteiger partial charge on any atom is -0.439 e. The summed E-state index contributed by atoms with van der Waals surface area (Å²) in [6, 6.07) is 0. The molecule has 1 N–H and O–H groups in total. The second kappa shape index (κ2) is 20.0. The largest absolute Gasteiger partial charge is 1.00 e. The van der Waals surface area contributed by atoms with E-state index in [4.69, 9.17) is 13.0 Å². The quantitative estimate of drug-likeness (QED) is 0.230. The molecule has 0 aliphatic heterocycles. The standard InChI is InChI=1S/C10H21.Li.HO3S/c1-3-5-7-9-10-8-6-4-2;;1-4(2)3/h1,3-10H2,2H3;;(H,1,2,3)/q;+1;-1. The summed E-state index contributed by atoms with van der Waals surface area (Å²) in [5.41, 5.74) is 0. The topological polar surface area (TPSA) is 54.4 Å². The molecule has 1 radical (unpaired) electrons. The van der Waals surface area contributed by atoms with Gasteiger partial charge in [0.1, 0.15) is 0 Å². The monoisotopic (exact) mass is 229 g/mol. The third-order valence-corrected chi connectivity index (χ3v) is 1.85. The molecule has 0 aromatic carbocycles. The van der Waals surface area contributed by atoms with E-state index in [1.807, 2.05) is 0 Å². The van der Waals surface area contributed by atoms with Crippen molar-refractivity contribution in [3.05, 3.63) is 6.92 Å². The Morgan fingerprint density at radius 1 is 1.00 bits per heavy atom. The molecule has 0 saturated carbocycles.